The molecule has 1 aliphatic heterocycles. The van der Waals surface area contributed by atoms with Crippen molar-refractivity contribution in [2.45, 2.75) is 39.0 Å². The zero-order valence-corrected chi connectivity index (χ0v) is 14.0. The predicted octanol–water partition coefficient (Wildman–Crippen LogP) is 2.85. The lowest BCUT2D eigenvalue weighted by molar-refractivity contribution is -0.125. The first-order chi connectivity index (χ1) is 10.7. The van der Waals surface area contributed by atoms with Crippen molar-refractivity contribution in [1.82, 2.24) is 5.48 Å². The van der Waals surface area contributed by atoms with Gasteiger partial charge in [-0.25, -0.2) is 5.48 Å². The van der Waals surface area contributed by atoms with E-state index < -0.39 is 0 Å². The normalized spacial score (nSPS) is 22.7. The molecule has 122 valence electrons. The number of unbranched alkanes of at least 4 members (excludes halogenated alkanes) is 1. The van der Waals surface area contributed by atoms with Crippen LogP contribution < -0.4 is 5.48 Å². The monoisotopic (exact) mass is 323 g/mol. The van der Waals surface area contributed by atoms with Crippen molar-refractivity contribution in [3.8, 4) is 0 Å². The van der Waals surface area contributed by atoms with E-state index in [0.29, 0.717) is 25.0 Å². The number of hydrogen-bond acceptors (Lipinski definition) is 5. The Morgan fingerprint density at radius 2 is 2.14 bits per heavy atom. The molecule has 1 heterocycles. The molecule has 2 aliphatic rings. The van der Waals surface area contributed by atoms with Gasteiger partial charge in [0.05, 0.1) is 12.2 Å². The predicted molar refractivity (Wildman–Crippen MR) is 89.7 cm³/mol. The average Bonchev–Trinajstić information content (AvgIpc) is 2.53. The van der Waals surface area contributed by atoms with Gasteiger partial charge in [0.2, 0.25) is 0 Å². The molecule has 2 rings (SSSR count). The minimum atomic E-state index is 0.0236. The summed E-state index contributed by atoms with van der Waals surface area (Å²) in [6, 6.07) is 0. The summed E-state index contributed by atoms with van der Waals surface area (Å²) in [7, 11) is 0. The van der Waals surface area contributed by atoms with Crippen LogP contribution in [0.1, 0.15) is 39.0 Å². The van der Waals surface area contributed by atoms with Crippen molar-refractivity contribution in [3.05, 3.63) is 23.3 Å². The van der Waals surface area contributed by atoms with Gasteiger partial charge in [-0.05, 0) is 37.9 Å². The van der Waals surface area contributed by atoms with Crippen LogP contribution in [-0.4, -0.2) is 36.2 Å². The van der Waals surface area contributed by atoms with E-state index in [-0.39, 0.29) is 17.5 Å². The van der Waals surface area contributed by atoms with Gasteiger partial charge < -0.3 is 4.84 Å². The first kappa shape index (κ1) is 17.4. The number of allylic oxidation sites excluding steroid dienone is 3. The van der Waals surface area contributed by atoms with Gasteiger partial charge in [0.15, 0.2) is 11.6 Å². The fraction of sp³-hybridized carbons (Fsp3) is 0.647. The summed E-state index contributed by atoms with van der Waals surface area (Å²) in [6.45, 7) is 3.28. The van der Waals surface area contributed by atoms with Crippen LogP contribution >= 0.6 is 11.8 Å². The van der Waals surface area contributed by atoms with Crippen LogP contribution in [0.5, 0.6) is 0 Å². The Labute approximate surface area is 136 Å². The van der Waals surface area contributed by atoms with Gasteiger partial charge >= 0.3 is 0 Å². The van der Waals surface area contributed by atoms with Crippen LogP contribution in [0.25, 0.3) is 0 Å². The van der Waals surface area contributed by atoms with E-state index in [1.54, 1.807) is 0 Å². The molecule has 22 heavy (non-hydrogen) atoms. The molecule has 5 heteroatoms. The molecule has 0 aromatic heterocycles. The van der Waals surface area contributed by atoms with E-state index in [2.05, 4.69) is 11.6 Å². The van der Waals surface area contributed by atoms with Crippen LogP contribution in [0, 0.1) is 5.92 Å². The molecule has 0 radical (unpaired) electrons. The molecule has 0 aromatic carbocycles. The Balaban J connectivity index is 1.84. The topological polar surface area (TPSA) is 55.4 Å². The summed E-state index contributed by atoms with van der Waals surface area (Å²) in [5, 5.41) is 0. The molecule has 0 amide bonds. The molecule has 1 fully saturated rings. The van der Waals surface area contributed by atoms with Gasteiger partial charge in [-0.2, -0.15) is 11.8 Å². The molecule has 1 N–H and O–H groups in total. The van der Waals surface area contributed by atoms with E-state index >= 15 is 0 Å². The molecule has 0 aromatic rings. The van der Waals surface area contributed by atoms with Gasteiger partial charge in [-0.3, -0.25) is 9.59 Å². The minimum absolute atomic E-state index is 0.0236. The molecule has 0 saturated heterocycles. The fourth-order valence-corrected chi connectivity index (χ4v) is 3.86. The van der Waals surface area contributed by atoms with Crippen molar-refractivity contribution >= 4 is 23.3 Å². The lowest BCUT2D eigenvalue weighted by Gasteiger charge is -2.26. The van der Waals surface area contributed by atoms with E-state index in [1.165, 1.54) is 5.57 Å². The summed E-state index contributed by atoms with van der Waals surface area (Å²) in [6.07, 6.45) is 7.70. The van der Waals surface area contributed by atoms with Crippen LogP contribution in [-0.2, 0) is 14.4 Å². The molecule has 1 saturated carbocycles. The smallest absolute Gasteiger partial charge is 0.166 e. The Hall–Kier alpha value is -0.910. The number of hydroxylamine groups is 1. The standard InChI is InChI=1S/C17H25NO3S/c1-2-21-18-8-4-3-7-15-16(19)10-14(11-17(15)20)13-6-5-9-22-12-13/h6-7,14,18H,2-5,8-12H2,1H3. The van der Waals surface area contributed by atoms with Gasteiger partial charge in [0.25, 0.3) is 0 Å². The Kier molecular flexibility index (Phi) is 7.36. The molecule has 0 atom stereocenters. The maximum atomic E-state index is 12.3. The highest BCUT2D eigenvalue weighted by atomic mass is 32.2. The van der Waals surface area contributed by atoms with E-state index in [0.717, 1.165) is 37.3 Å². The summed E-state index contributed by atoms with van der Waals surface area (Å²) < 4.78 is 0. The minimum Gasteiger partial charge on any atom is -0.302 e. The highest BCUT2D eigenvalue weighted by Crippen LogP contribution is 2.33. The zero-order chi connectivity index (χ0) is 15.8. The quantitative estimate of drug-likeness (QED) is 0.257. The summed E-state index contributed by atoms with van der Waals surface area (Å²) in [4.78, 5) is 29.6. The van der Waals surface area contributed by atoms with E-state index in [9.17, 15) is 9.59 Å². The van der Waals surface area contributed by atoms with Crippen LogP contribution in [0.2, 0.25) is 0 Å². The van der Waals surface area contributed by atoms with Crippen LogP contribution in [0.4, 0.5) is 0 Å². The van der Waals surface area contributed by atoms with Crippen molar-refractivity contribution in [1.29, 1.82) is 0 Å². The Morgan fingerprint density at radius 3 is 2.77 bits per heavy atom. The van der Waals surface area contributed by atoms with E-state index in [4.69, 9.17) is 4.84 Å². The number of Topliss-reactive ketones (excluding diaryl/α,β-unsaturated/α-hetero) is 2. The summed E-state index contributed by atoms with van der Waals surface area (Å²) >= 11 is 1.90. The zero-order valence-electron chi connectivity index (χ0n) is 13.2. The molecular formula is C17H25NO3S. The molecule has 1 aliphatic carbocycles. The third-order valence-electron chi connectivity index (χ3n) is 4.00. The largest absolute Gasteiger partial charge is 0.302 e. The summed E-state index contributed by atoms with van der Waals surface area (Å²) in [5.41, 5.74) is 4.57. The SMILES string of the molecule is CCONCCCC=C1C(=O)CC(C2=CCCSC2)CC1=O. The highest BCUT2D eigenvalue weighted by Gasteiger charge is 2.32. The Bertz CT molecular complexity index is 451. The number of carbonyl (C=O) groups is 2. The van der Waals surface area contributed by atoms with Crippen LogP contribution in [0.3, 0.4) is 0 Å². The first-order valence-electron chi connectivity index (χ1n) is 8.10. The molecular weight excluding hydrogens is 298 g/mol. The maximum absolute atomic E-state index is 12.3. The van der Waals surface area contributed by atoms with Crippen molar-refractivity contribution in [2.24, 2.45) is 5.92 Å². The second kappa shape index (κ2) is 9.28. The average molecular weight is 323 g/mol. The molecule has 0 spiro atoms. The van der Waals surface area contributed by atoms with Gasteiger partial charge in [0, 0.05) is 25.1 Å². The third-order valence-corrected chi connectivity index (χ3v) is 5.07. The van der Waals surface area contributed by atoms with Crippen molar-refractivity contribution in [2.75, 3.05) is 24.7 Å². The number of thioether (sulfide) groups is 1. The maximum Gasteiger partial charge on any atom is 0.166 e. The van der Waals surface area contributed by atoms with Crippen molar-refractivity contribution in [3.63, 3.8) is 0 Å². The molecule has 4 nitrogen and oxygen atoms in total. The molecule has 0 bridgehead atoms. The molecule has 0 unspecified atom stereocenters. The number of ketones is 2. The summed E-state index contributed by atoms with van der Waals surface area (Å²) in [5.74, 6) is 2.32. The van der Waals surface area contributed by atoms with Crippen LogP contribution in [0.15, 0.2) is 23.3 Å². The van der Waals surface area contributed by atoms with Gasteiger partial charge in [0.1, 0.15) is 0 Å². The fourth-order valence-electron chi connectivity index (χ4n) is 2.84. The lowest BCUT2D eigenvalue weighted by atomic mass is 9.79. The van der Waals surface area contributed by atoms with Crippen molar-refractivity contribution < 1.29 is 14.4 Å². The number of hydrogen-bond donors (Lipinski definition) is 1. The highest BCUT2D eigenvalue weighted by molar-refractivity contribution is 7.99. The number of carbonyl (C=O) groups excluding carboxylic acids is 2. The second-order valence-electron chi connectivity index (χ2n) is 5.66. The Morgan fingerprint density at radius 1 is 1.36 bits per heavy atom. The number of nitrogens with one attached hydrogen (secondary N) is 1. The lowest BCUT2D eigenvalue weighted by Crippen LogP contribution is -2.28. The third kappa shape index (κ3) is 5.07. The second-order valence-corrected chi connectivity index (χ2v) is 6.76. The van der Waals surface area contributed by atoms with Gasteiger partial charge in [-0.1, -0.05) is 17.7 Å². The van der Waals surface area contributed by atoms with E-state index in [1.807, 2.05) is 24.8 Å². The number of rotatable bonds is 7. The van der Waals surface area contributed by atoms with Gasteiger partial charge in [-0.15, -0.1) is 0 Å². The first-order valence-corrected chi connectivity index (χ1v) is 9.25.